The third-order valence-electron chi connectivity index (χ3n) is 6.25. The van der Waals surface area contributed by atoms with Crippen molar-refractivity contribution < 1.29 is 18.3 Å². The quantitative estimate of drug-likeness (QED) is 0.387. The van der Waals surface area contributed by atoms with Crippen LogP contribution in [-0.2, 0) is 16.6 Å². The summed E-state index contributed by atoms with van der Waals surface area (Å²) in [7, 11) is -3.52. The molecule has 3 N–H and O–H groups in total. The molecule has 0 atom stereocenters. The molecule has 0 aromatic heterocycles. The molecular formula is C25H32N4O4S. The highest BCUT2D eigenvalue weighted by Gasteiger charge is 2.26. The third-order valence-corrected chi connectivity index (χ3v) is 7.46. The van der Waals surface area contributed by atoms with Crippen LogP contribution in [0.5, 0.6) is 0 Å². The first-order valence-corrected chi connectivity index (χ1v) is 13.1. The van der Waals surface area contributed by atoms with Crippen molar-refractivity contribution in [2.24, 2.45) is 5.92 Å². The number of amidine groups is 1. The standard InChI is InChI=1S/C25H32N4O4S/c1-17(26)21-5-4-6-22(13-21)23-11-20(12-24(14-23)25(30)31)16-29(34(3,32)33)15-19-7-9-28(10-8-19)18(2)27/h4-6,11-14,19,26-27H,7-10,15-16H2,1-3H3,(H,30,31). The summed E-state index contributed by atoms with van der Waals surface area (Å²) >= 11 is 0. The maximum absolute atomic E-state index is 12.6. The Hall–Kier alpha value is -3.04. The van der Waals surface area contributed by atoms with Crippen LogP contribution in [0.4, 0.5) is 0 Å². The average molecular weight is 485 g/mol. The number of rotatable bonds is 8. The minimum atomic E-state index is -3.52. The second kappa shape index (κ2) is 10.5. The molecule has 0 spiro atoms. The number of carboxylic acid groups (broad SMARTS) is 1. The molecule has 1 heterocycles. The molecule has 1 saturated heterocycles. The molecule has 0 bridgehead atoms. The number of carbonyl (C=O) groups is 1. The van der Waals surface area contributed by atoms with Gasteiger partial charge < -0.3 is 15.4 Å². The first kappa shape index (κ1) is 25.6. The van der Waals surface area contributed by atoms with E-state index in [1.165, 1.54) is 16.6 Å². The van der Waals surface area contributed by atoms with Gasteiger partial charge in [-0.05, 0) is 79.1 Å². The normalized spacial score (nSPS) is 14.9. The summed E-state index contributed by atoms with van der Waals surface area (Å²) in [6.45, 7) is 5.36. The van der Waals surface area contributed by atoms with E-state index in [-0.39, 0.29) is 18.0 Å². The van der Waals surface area contributed by atoms with Crippen molar-refractivity contribution in [3.8, 4) is 11.1 Å². The smallest absolute Gasteiger partial charge is 0.335 e. The molecule has 2 aromatic carbocycles. The number of piperidine rings is 1. The first-order valence-electron chi connectivity index (χ1n) is 11.2. The number of hydrogen-bond acceptors (Lipinski definition) is 5. The lowest BCUT2D eigenvalue weighted by Gasteiger charge is -2.34. The molecule has 34 heavy (non-hydrogen) atoms. The van der Waals surface area contributed by atoms with Gasteiger partial charge in [0.2, 0.25) is 10.0 Å². The van der Waals surface area contributed by atoms with Gasteiger partial charge >= 0.3 is 5.97 Å². The van der Waals surface area contributed by atoms with Crippen molar-refractivity contribution in [3.63, 3.8) is 0 Å². The van der Waals surface area contributed by atoms with E-state index in [4.69, 9.17) is 10.8 Å². The minimum absolute atomic E-state index is 0.0834. The summed E-state index contributed by atoms with van der Waals surface area (Å²) in [6, 6.07) is 12.3. The number of nitrogens with zero attached hydrogens (tertiary/aromatic N) is 2. The van der Waals surface area contributed by atoms with Gasteiger partial charge in [-0.3, -0.25) is 5.41 Å². The van der Waals surface area contributed by atoms with E-state index in [1.807, 2.05) is 35.2 Å². The molecular weight excluding hydrogens is 452 g/mol. The van der Waals surface area contributed by atoms with Crippen LogP contribution in [0.3, 0.4) is 0 Å². The van der Waals surface area contributed by atoms with Crippen LogP contribution in [-0.4, -0.2) is 66.1 Å². The summed E-state index contributed by atoms with van der Waals surface area (Å²) in [5.74, 6) is -0.374. The van der Waals surface area contributed by atoms with Gasteiger partial charge in [-0.25, -0.2) is 13.2 Å². The number of benzene rings is 2. The Labute approximate surface area is 201 Å². The molecule has 0 saturated carbocycles. The Kier molecular flexibility index (Phi) is 7.89. The van der Waals surface area contributed by atoms with Gasteiger partial charge in [0, 0.05) is 31.9 Å². The number of hydrogen-bond donors (Lipinski definition) is 3. The minimum Gasteiger partial charge on any atom is -0.478 e. The maximum Gasteiger partial charge on any atom is 0.335 e. The van der Waals surface area contributed by atoms with Crippen molar-refractivity contribution >= 4 is 27.5 Å². The highest BCUT2D eigenvalue weighted by molar-refractivity contribution is 7.88. The summed E-state index contributed by atoms with van der Waals surface area (Å²) in [5, 5.41) is 25.3. The highest BCUT2D eigenvalue weighted by atomic mass is 32.2. The van der Waals surface area contributed by atoms with Crippen molar-refractivity contribution in [1.29, 1.82) is 10.8 Å². The van der Waals surface area contributed by atoms with Crippen molar-refractivity contribution in [2.75, 3.05) is 25.9 Å². The first-order chi connectivity index (χ1) is 15.9. The Morgan fingerprint density at radius 1 is 1.06 bits per heavy atom. The molecule has 1 aliphatic heterocycles. The van der Waals surface area contributed by atoms with Crippen molar-refractivity contribution in [2.45, 2.75) is 33.2 Å². The lowest BCUT2D eigenvalue weighted by atomic mass is 9.96. The number of likely N-dealkylation sites (tertiary alicyclic amines) is 1. The Balaban J connectivity index is 1.89. The van der Waals surface area contributed by atoms with Crippen LogP contribution < -0.4 is 0 Å². The van der Waals surface area contributed by atoms with Gasteiger partial charge in [0.25, 0.3) is 0 Å². The molecule has 3 rings (SSSR count). The zero-order valence-corrected chi connectivity index (χ0v) is 20.7. The molecule has 0 amide bonds. The summed E-state index contributed by atoms with van der Waals surface area (Å²) in [4.78, 5) is 13.8. The van der Waals surface area contributed by atoms with E-state index in [9.17, 15) is 18.3 Å². The lowest BCUT2D eigenvalue weighted by Crippen LogP contribution is -2.41. The molecule has 182 valence electrons. The van der Waals surface area contributed by atoms with E-state index in [2.05, 4.69) is 0 Å². The number of nitrogens with one attached hydrogen (secondary N) is 2. The predicted octanol–water partition coefficient (Wildman–Crippen LogP) is 3.91. The fourth-order valence-electron chi connectivity index (χ4n) is 4.27. The van der Waals surface area contributed by atoms with Crippen LogP contribution in [0.1, 0.15) is 48.2 Å². The second-order valence-corrected chi connectivity index (χ2v) is 11.0. The van der Waals surface area contributed by atoms with E-state index in [0.717, 1.165) is 37.1 Å². The van der Waals surface area contributed by atoms with Gasteiger partial charge in [-0.15, -0.1) is 0 Å². The molecule has 2 aromatic rings. The van der Waals surface area contributed by atoms with Crippen molar-refractivity contribution in [1.82, 2.24) is 9.21 Å². The number of aromatic carboxylic acids is 1. The summed E-state index contributed by atoms with van der Waals surface area (Å²) < 4.78 is 26.7. The molecule has 0 aliphatic carbocycles. The van der Waals surface area contributed by atoms with Gasteiger partial charge in [-0.2, -0.15) is 4.31 Å². The predicted molar refractivity (Wildman–Crippen MR) is 134 cm³/mol. The zero-order chi connectivity index (χ0) is 25.0. The fraction of sp³-hybridized carbons (Fsp3) is 0.400. The Morgan fingerprint density at radius 3 is 2.26 bits per heavy atom. The number of sulfonamides is 1. The second-order valence-electron chi connectivity index (χ2n) is 9.00. The lowest BCUT2D eigenvalue weighted by molar-refractivity contribution is 0.0696. The van der Waals surface area contributed by atoms with E-state index < -0.39 is 16.0 Å². The van der Waals surface area contributed by atoms with E-state index in [0.29, 0.717) is 29.2 Å². The van der Waals surface area contributed by atoms with Crippen LogP contribution >= 0.6 is 0 Å². The van der Waals surface area contributed by atoms with Gasteiger partial charge in [0.1, 0.15) is 0 Å². The maximum atomic E-state index is 12.6. The van der Waals surface area contributed by atoms with Crippen LogP contribution in [0.15, 0.2) is 42.5 Å². The van der Waals surface area contributed by atoms with E-state index in [1.54, 1.807) is 19.9 Å². The molecule has 1 fully saturated rings. The van der Waals surface area contributed by atoms with Gasteiger partial charge in [-0.1, -0.05) is 18.2 Å². The largest absolute Gasteiger partial charge is 0.478 e. The Bertz CT molecular complexity index is 1200. The monoisotopic (exact) mass is 484 g/mol. The molecule has 8 nitrogen and oxygen atoms in total. The van der Waals surface area contributed by atoms with Crippen molar-refractivity contribution in [3.05, 3.63) is 59.2 Å². The SMILES string of the molecule is CC(=N)c1cccc(-c2cc(CN(CC3CCN(C(C)=N)CC3)S(C)(=O)=O)cc(C(=O)O)c2)c1. The Morgan fingerprint density at radius 2 is 1.71 bits per heavy atom. The third kappa shape index (κ3) is 6.51. The topological polar surface area (TPSA) is 126 Å². The zero-order valence-electron chi connectivity index (χ0n) is 19.8. The number of carboxylic acids is 1. The molecule has 0 radical (unpaired) electrons. The van der Waals surface area contributed by atoms with Crippen LogP contribution in [0.25, 0.3) is 11.1 Å². The van der Waals surface area contributed by atoms with Gasteiger partial charge in [0.05, 0.1) is 17.7 Å². The molecule has 1 aliphatic rings. The van der Waals surface area contributed by atoms with Gasteiger partial charge in [0.15, 0.2) is 0 Å². The summed E-state index contributed by atoms with van der Waals surface area (Å²) in [5.41, 5.74) is 3.28. The van der Waals surface area contributed by atoms with Crippen LogP contribution in [0, 0.1) is 16.7 Å². The summed E-state index contributed by atoms with van der Waals surface area (Å²) in [6.07, 6.45) is 2.79. The van der Waals surface area contributed by atoms with Crippen LogP contribution in [0.2, 0.25) is 0 Å². The highest BCUT2D eigenvalue weighted by Crippen LogP contribution is 2.26. The fourth-order valence-corrected chi connectivity index (χ4v) is 5.13. The average Bonchev–Trinajstić information content (AvgIpc) is 2.78. The van der Waals surface area contributed by atoms with E-state index >= 15 is 0 Å². The molecule has 9 heteroatoms. The molecule has 0 unspecified atom stereocenters.